The van der Waals surface area contributed by atoms with Crippen molar-refractivity contribution in [1.29, 1.82) is 0 Å². The monoisotopic (exact) mass is 359 g/mol. The second-order valence-corrected chi connectivity index (χ2v) is 8.05. The number of amides is 1. The van der Waals surface area contributed by atoms with E-state index < -0.39 is 0 Å². The molecule has 142 valence electrons. The SMILES string of the molecule is O=C(NCC1([NH+]2CCCCC2)CCCCC1)c1ccc2c(c1)OCCO2. The van der Waals surface area contributed by atoms with Crippen molar-refractivity contribution in [1.82, 2.24) is 5.32 Å². The molecule has 1 saturated heterocycles. The topological polar surface area (TPSA) is 52.0 Å². The number of carbonyl (C=O) groups excluding carboxylic acids is 1. The van der Waals surface area contributed by atoms with Crippen LogP contribution in [0.2, 0.25) is 0 Å². The van der Waals surface area contributed by atoms with Crippen LogP contribution in [0.25, 0.3) is 0 Å². The normalized spacial score (nSPS) is 22.6. The van der Waals surface area contributed by atoms with E-state index in [-0.39, 0.29) is 11.4 Å². The molecular weight excluding hydrogens is 328 g/mol. The van der Waals surface area contributed by atoms with E-state index in [1.54, 1.807) is 4.90 Å². The van der Waals surface area contributed by atoms with Crippen molar-refractivity contribution in [3.05, 3.63) is 23.8 Å². The van der Waals surface area contributed by atoms with Gasteiger partial charge in [-0.15, -0.1) is 0 Å². The van der Waals surface area contributed by atoms with Gasteiger partial charge in [0, 0.05) is 18.4 Å². The van der Waals surface area contributed by atoms with E-state index in [4.69, 9.17) is 9.47 Å². The predicted octanol–water partition coefficient (Wildman–Crippen LogP) is 1.96. The number of fused-ring (bicyclic) bond motifs is 1. The van der Waals surface area contributed by atoms with E-state index in [9.17, 15) is 4.79 Å². The minimum absolute atomic E-state index is 0.00308. The van der Waals surface area contributed by atoms with Gasteiger partial charge in [0.05, 0.1) is 19.6 Å². The maximum Gasteiger partial charge on any atom is 0.251 e. The molecule has 1 aliphatic carbocycles. The molecule has 2 heterocycles. The molecule has 2 aliphatic heterocycles. The van der Waals surface area contributed by atoms with E-state index in [1.165, 1.54) is 64.5 Å². The summed E-state index contributed by atoms with van der Waals surface area (Å²) in [4.78, 5) is 14.5. The molecular formula is C21H31N2O3+. The summed E-state index contributed by atoms with van der Waals surface area (Å²) >= 11 is 0. The summed E-state index contributed by atoms with van der Waals surface area (Å²) in [7, 11) is 0. The highest BCUT2D eigenvalue weighted by molar-refractivity contribution is 5.94. The Morgan fingerprint density at radius 2 is 1.65 bits per heavy atom. The van der Waals surface area contributed by atoms with Gasteiger partial charge >= 0.3 is 0 Å². The molecule has 0 bridgehead atoms. The van der Waals surface area contributed by atoms with Gasteiger partial charge in [-0.3, -0.25) is 4.79 Å². The highest BCUT2D eigenvalue weighted by Crippen LogP contribution is 2.31. The maximum absolute atomic E-state index is 12.8. The maximum atomic E-state index is 12.8. The smallest absolute Gasteiger partial charge is 0.251 e. The summed E-state index contributed by atoms with van der Waals surface area (Å²) in [5.41, 5.74) is 0.899. The quantitative estimate of drug-likeness (QED) is 0.864. The highest BCUT2D eigenvalue weighted by Gasteiger charge is 2.42. The highest BCUT2D eigenvalue weighted by atomic mass is 16.6. The minimum atomic E-state index is 0.00308. The third-order valence-electron chi connectivity index (χ3n) is 6.41. The van der Waals surface area contributed by atoms with Crippen LogP contribution >= 0.6 is 0 Å². The summed E-state index contributed by atoms with van der Waals surface area (Å²) < 4.78 is 11.2. The van der Waals surface area contributed by atoms with Crippen LogP contribution in [0.5, 0.6) is 11.5 Å². The average molecular weight is 359 g/mol. The summed E-state index contributed by atoms with van der Waals surface area (Å²) in [6, 6.07) is 5.49. The third kappa shape index (κ3) is 3.68. The summed E-state index contributed by atoms with van der Waals surface area (Å²) in [6.07, 6.45) is 10.4. The van der Waals surface area contributed by atoms with Crippen LogP contribution in [0.4, 0.5) is 0 Å². The molecule has 0 unspecified atom stereocenters. The Morgan fingerprint density at radius 1 is 0.962 bits per heavy atom. The Bertz CT molecular complexity index is 634. The van der Waals surface area contributed by atoms with Gasteiger partial charge in [-0.1, -0.05) is 6.42 Å². The zero-order valence-electron chi connectivity index (χ0n) is 15.6. The van der Waals surface area contributed by atoms with Crippen LogP contribution in [-0.4, -0.2) is 44.3 Å². The second-order valence-electron chi connectivity index (χ2n) is 8.05. The number of carbonyl (C=O) groups is 1. The molecule has 1 amide bonds. The zero-order chi connectivity index (χ0) is 17.8. The van der Waals surface area contributed by atoms with E-state index in [0.29, 0.717) is 24.5 Å². The number of rotatable bonds is 4. The van der Waals surface area contributed by atoms with Gasteiger partial charge in [0.15, 0.2) is 11.5 Å². The lowest BCUT2D eigenvalue weighted by Crippen LogP contribution is -3.22. The Morgan fingerprint density at radius 3 is 2.42 bits per heavy atom. The van der Waals surface area contributed by atoms with Crippen LogP contribution in [0.3, 0.4) is 0 Å². The van der Waals surface area contributed by atoms with Crippen molar-refractivity contribution in [3.63, 3.8) is 0 Å². The molecule has 4 rings (SSSR count). The fraction of sp³-hybridized carbons (Fsp3) is 0.667. The molecule has 3 aliphatic rings. The van der Waals surface area contributed by atoms with Crippen LogP contribution in [0.15, 0.2) is 18.2 Å². The summed E-state index contributed by atoms with van der Waals surface area (Å²) in [5.74, 6) is 1.41. The Kier molecular flexibility index (Phi) is 5.34. The molecule has 26 heavy (non-hydrogen) atoms. The van der Waals surface area contributed by atoms with Crippen LogP contribution in [-0.2, 0) is 0 Å². The molecule has 0 atom stereocenters. The van der Waals surface area contributed by atoms with Gasteiger partial charge in [0.2, 0.25) is 0 Å². The Hall–Kier alpha value is -1.75. The fourth-order valence-electron chi connectivity index (χ4n) is 4.93. The number of likely N-dealkylation sites (tertiary alicyclic amines) is 1. The molecule has 5 heteroatoms. The first-order valence-electron chi connectivity index (χ1n) is 10.3. The van der Waals surface area contributed by atoms with E-state index in [1.807, 2.05) is 18.2 Å². The summed E-state index contributed by atoms with van der Waals surface area (Å²) in [5, 5.41) is 3.26. The number of quaternary nitrogens is 1. The Balaban J connectivity index is 1.44. The molecule has 0 spiro atoms. The number of nitrogens with one attached hydrogen (secondary N) is 2. The van der Waals surface area contributed by atoms with E-state index in [2.05, 4.69) is 5.32 Å². The third-order valence-corrected chi connectivity index (χ3v) is 6.41. The number of hydrogen-bond acceptors (Lipinski definition) is 3. The van der Waals surface area contributed by atoms with Gasteiger partial charge in [-0.2, -0.15) is 0 Å². The largest absolute Gasteiger partial charge is 0.486 e. The standard InChI is InChI=1S/C21H30N2O3/c24-20(17-7-8-18-19(15-17)26-14-13-25-18)22-16-21(9-3-1-4-10-21)23-11-5-2-6-12-23/h7-8,15H,1-6,9-14,16H2,(H,22,24)/p+1. The van der Waals surface area contributed by atoms with Gasteiger partial charge in [-0.25, -0.2) is 0 Å². The summed E-state index contributed by atoms with van der Waals surface area (Å²) in [6.45, 7) is 4.43. The van der Waals surface area contributed by atoms with Crippen LogP contribution in [0.1, 0.15) is 61.7 Å². The average Bonchev–Trinajstić information content (AvgIpc) is 2.73. The van der Waals surface area contributed by atoms with Crippen molar-refractivity contribution in [2.75, 3.05) is 32.8 Å². The molecule has 5 nitrogen and oxygen atoms in total. The molecule has 1 aromatic rings. The first-order valence-corrected chi connectivity index (χ1v) is 10.3. The van der Waals surface area contributed by atoms with Crippen molar-refractivity contribution in [2.45, 2.75) is 56.9 Å². The van der Waals surface area contributed by atoms with Gasteiger partial charge in [-0.05, 0) is 50.3 Å². The molecule has 0 radical (unpaired) electrons. The number of hydrogen-bond donors (Lipinski definition) is 2. The van der Waals surface area contributed by atoms with Gasteiger partial charge in [0.25, 0.3) is 5.91 Å². The van der Waals surface area contributed by atoms with Crippen LogP contribution < -0.4 is 19.7 Å². The zero-order valence-corrected chi connectivity index (χ0v) is 15.6. The van der Waals surface area contributed by atoms with Gasteiger partial charge in [0.1, 0.15) is 18.8 Å². The number of benzene rings is 1. The number of piperidine rings is 1. The molecule has 0 aromatic heterocycles. The van der Waals surface area contributed by atoms with Crippen molar-refractivity contribution in [2.24, 2.45) is 0 Å². The second kappa shape index (κ2) is 7.87. The lowest BCUT2D eigenvalue weighted by atomic mass is 9.79. The van der Waals surface area contributed by atoms with E-state index in [0.717, 1.165) is 12.3 Å². The van der Waals surface area contributed by atoms with Crippen molar-refractivity contribution < 1.29 is 19.2 Å². The first-order chi connectivity index (χ1) is 12.8. The number of ether oxygens (including phenoxy) is 2. The van der Waals surface area contributed by atoms with Crippen molar-refractivity contribution in [3.8, 4) is 11.5 Å². The lowest BCUT2D eigenvalue weighted by Gasteiger charge is -2.45. The first kappa shape index (κ1) is 17.7. The fourth-order valence-corrected chi connectivity index (χ4v) is 4.93. The molecule has 2 fully saturated rings. The van der Waals surface area contributed by atoms with Gasteiger partial charge < -0.3 is 19.7 Å². The Labute approximate surface area is 156 Å². The minimum Gasteiger partial charge on any atom is -0.486 e. The van der Waals surface area contributed by atoms with E-state index >= 15 is 0 Å². The lowest BCUT2D eigenvalue weighted by molar-refractivity contribution is -0.957. The molecule has 1 saturated carbocycles. The van der Waals surface area contributed by atoms with Crippen molar-refractivity contribution >= 4 is 5.91 Å². The molecule has 2 N–H and O–H groups in total. The molecule has 1 aromatic carbocycles. The van der Waals surface area contributed by atoms with Crippen LogP contribution in [0, 0.1) is 0 Å². The predicted molar refractivity (Wildman–Crippen MR) is 100 cm³/mol.